The molecule has 1 rings (SSSR count). The highest BCUT2D eigenvalue weighted by Gasteiger charge is 2.06. The molecule has 1 aromatic heterocycles. The smallest absolute Gasteiger partial charge is 0.321 e. The second-order valence-corrected chi connectivity index (χ2v) is 4.65. The van der Waals surface area contributed by atoms with E-state index < -0.39 is 0 Å². The molecule has 7 heteroatoms. The van der Waals surface area contributed by atoms with Gasteiger partial charge in [0.25, 0.3) is 0 Å². The van der Waals surface area contributed by atoms with E-state index in [1.807, 2.05) is 21.0 Å². The van der Waals surface area contributed by atoms with Crippen molar-refractivity contribution in [3.8, 4) is 6.01 Å². The summed E-state index contributed by atoms with van der Waals surface area (Å²) < 4.78 is 5.18. The summed E-state index contributed by atoms with van der Waals surface area (Å²) in [5, 5.41) is 0.774. The highest BCUT2D eigenvalue weighted by atomic mass is 35.5. The van der Waals surface area contributed by atoms with Gasteiger partial charge in [-0.3, -0.25) is 0 Å². The molecule has 1 heterocycles. The lowest BCUT2D eigenvalue weighted by Gasteiger charge is -2.08. The summed E-state index contributed by atoms with van der Waals surface area (Å²) in [4.78, 5) is 14.1. The predicted octanol–water partition coefficient (Wildman–Crippen LogP) is 1.58. The van der Waals surface area contributed by atoms with Gasteiger partial charge < -0.3 is 9.64 Å². The lowest BCUT2D eigenvalue weighted by atomic mass is 10.7. The molecule has 0 saturated heterocycles. The van der Waals surface area contributed by atoms with Gasteiger partial charge in [-0.05, 0) is 32.6 Å². The van der Waals surface area contributed by atoms with Crippen LogP contribution < -0.4 is 4.74 Å². The van der Waals surface area contributed by atoms with Crippen LogP contribution in [-0.2, 0) is 0 Å². The van der Waals surface area contributed by atoms with Crippen LogP contribution in [0.5, 0.6) is 6.01 Å². The van der Waals surface area contributed by atoms with E-state index in [1.165, 1.54) is 11.8 Å². The molecular formula is C9H15ClN4OS. The van der Waals surface area contributed by atoms with Gasteiger partial charge in [0.05, 0.1) is 6.61 Å². The van der Waals surface area contributed by atoms with Crippen LogP contribution in [-0.4, -0.2) is 52.9 Å². The highest BCUT2D eigenvalue weighted by Crippen LogP contribution is 2.17. The normalized spacial score (nSPS) is 10.8. The number of aromatic nitrogens is 3. The van der Waals surface area contributed by atoms with Gasteiger partial charge >= 0.3 is 6.01 Å². The summed E-state index contributed by atoms with van der Waals surface area (Å²) in [5.74, 6) is 0.902. The van der Waals surface area contributed by atoms with Crippen molar-refractivity contribution in [3.05, 3.63) is 5.28 Å². The van der Waals surface area contributed by atoms with Crippen molar-refractivity contribution >= 4 is 23.4 Å². The monoisotopic (exact) mass is 262 g/mol. The molecule has 0 aliphatic carbocycles. The van der Waals surface area contributed by atoms with Gasteiger partial charge in [-0.25, -0.2) is 0 Å². The minimum absolute atomic E-state index is 0.172. The van der Waals surface area contributed by atoms with E-state index in [0.717, 1.165) is 12.3 Å². The topological polar surface area (TPSA) is 51.1 Å². The fraction of sp³-hybridized carbons (Fsp3) is 0.667. The average Bonchev–Trinajstić information content (AvgIpc) is 2.16. The second kappa shape index (κ2) is 6.88. The Balaban J connectivity index is 2.58. The molecule has 0 amide bonds. The summed E-state index contributed by atoms with van der Waals surface area (Å²) in [6.07, 6.45) is 0. The molecule has 0 bridgehead atoms. The van der Waals surface area contributed by atoms with Crippen molar-refractivity contribution in [1.29, 1.82) is 0 Å². The van der Waals surface area contributed by atoms with Crippen LogP contribution in [0.25, 0.3) is 0 Å². The molecule has 0 N–H and O–H groups in total. The number of halogens is 1. The number of rotatable bonds is 6. The third-order valence-electron chi connectivity index (χ3n) is 1.61. The number of nitrogens with zero attached hydrogens (tertiary/aromatic N) is 4. The van der Waals surface area contributed by atoms with E-state index >= 15 is 0 Å². The van der Waals surface area contributed by atoms with Crippen molar-refractivity contribution in [2.24, 2.45) is 0 Å². The summed E-state index contributed by atoms with van der Waals surface area (Å²) in [6.45, 7) is 3.34. The highest BCUT2D eigenvalue weighted by molar-refractivity contribution is 7.99. The van der Waals surface area contributed by atoms with Crippen LogP contribution in [0.15, 0.2) is 5.16 Å². The van der Waals surface area contributed by atoms with E-state index in [0.29, 0.717) is 11.8 Å². The maximum Gasteiger partial charge on any atom is 0.321 e. The Morgan fingerprint density at radius 3 is 2.69 bits per heavy atom. The predicted molar refractivity (Wildman–Crippen MR) is 65.3 cm³/mol. The Kier molecular flexibility index (Phi) is 5.79. The third-order valence-corrected chi connectivity index (χ3v) is 2.61. The molecule has 0 spiro atoms. The molecule has 1 aromatic rings. The molecule has 0 fully saturated rings. The van der Waals surface area contributed by atoms with Gasteiger partial charge in [-0.2, -0.15) is 15.0 Å². The zero-order valence-corrected chi connectivity index (χ0v) is 11.2. The average molecular weight is 263 g/mol. The number of hydrogen-bond acceptors (Lipinski definition) is 6. The van der Waals surface area contributed by atoms with Gasteiger partial charge in [0.2, 0.25) is 5.28 Å². The molecule has 0 aliphatic rings. The molecule has 0 saturated carbocycles. The standard InChI is InChI=1S/C9H15ClN4OS/c1-4-15-8-11-7(10)12-9(13-8)16-6-5-14(2)3/h4-6H2,1-3H3. The first-order chi connectivity index (χ1) is 7.61. The van der Waals surface area contributed by atoms with Gasteiger partial charge in [-0.1, -0.05) is 11.8 Å². The van der Waals surface area contributed by atoms with E-state index in [-0.39, 0.29) is 11.3 Å². The zero-order chi connectivity index (χ0) is 12.0. The van der Waals surface area contributed by atoms with Crippen molar-refractivity contribution in [2.45, 2.75) is 12.1 Å². The molecule has 0 atom stereocenters. The van der Waals surface area contributed by atoms with E-state index in [1.54, 1.807) is 0 Å². The molecule has 5 nitrogen and oxygen atoms in total. The van der Waals surface area contributed by atoms with Gasteiger partial charge in [0, 0.05) is 12.3 Å². The van der Waals surface area contributed by atoms with Gasteiger partial charge in [0.1, 0.15) is 0 Å². The van der Waals surface area contributed by atoms with E-state index in [2.05, 4.69) is 19.9 Å². The lowest BCUT2D eigenvalue weighted by molar-refractivity contribution is 0.307. The molecular weight excluding hydrogens is 248 g/mol. The third kappa shape index (κ3) is 4.96. The Bertz CT molecular complexity index is 337. The number of thioether (sulfide) groups is 1. The largest absolute Gasteiger partial charge is 0.464 e. The molecule has 16 heavy (non-hydrogen) atoms. The Labute approximate surface area is 105 Å². The maximum atomic E-state index is 5.76. The maximum absolute atomic E-state index is 5.76. The molecule has 0 aliphatic heterocycles. The molecule has 90 valence electrons. The SMILES string of the molecule is CCOc1nc(Cl)nc(SCCN(C)C)n1. The molecule has 0 unspecified atom stereocenters. The van der Waals surface area contributed by atoms with Crippen LogP contribution in [0.4, 0.5) is 0 Å². The fourth-order valence-electron chi connectivity index (χ4n) is 0.892. The van der Waals surface area contributed by atoms with Crippen LogP contribution in [0.2, 0.25) is 5.28 Å². The summed E-state index contributed by atoms with van der Waals surface area (Å²) in [7, 11) is 4.04. The van der Waals surface area contributed by atoms with Crippen LogP contribution in [0.3, 0.4) is 0 Å². The Hall–Kier alpha value is -0.590. The minimum Gasteiger partial charge on any atom is -0.464 e. The molecule has 0 radical (unpaired) electrons. The Morgan fingerprint density at radius 2 is 2.06 bits per heavy atom. The van der Waals surface area contributed by atoms with Gasteiger partial charge in [-0.15, -0.1) is 0 Å². The summed E-state index contributed by atoms with van der Waals surface area (Å²) in [6, 6.07) is 0.287. The van der Waals surface area contributed by atoms with Crippen molar-refractivity contribution < 1.29 is 4.74 Å². The van der Waals surface area contributed by atoms with Crippen LogP contribution in [0.1, 0.15) is 6.92 Å². The van der Waals surface area contributed by atoms with Crippen LogP contribution in [0, 0.1) is 0 Å². The zero-order valence-electron chi connectivity index (χ0n) is 9.60. The second-order valence-electron chi connectivity index (χ2n) is 3.25. The van der Waals surface area contributed by atoms with Gasteiger partial charge in [0.15, 0.2) is 5.16 Å². The summed E-state index contributed by atoms with van der Waals surface area (Å²) >= 11 is 7.30. The minimum atomic E-state index is 0.172. The van der Waals surface area contributed by atoms with Crippen LogP contribution >= 0.6 is 23.4 Å². The van der Waals surface area contributed by atoms with Crippen molar-refractivity contribution in [2.75, 3.05) is 33.0 Å². The first-order valence-electron chi connectivity index (χ1n) is 4.93. The van der Waals surface area contributed by atoms with E-state index in [9.17, 15) is 0 Å². The fourth-order valence-corrected chi connectivity index (χ4v) is 2.03. The van der Waals surface area contributed by atoms with Crippen molar-refractivity contribution in [1.82, 2.24) is 19.9 Å². The molecule has 0 aromatic carbocycles. The number of ether oxygens (including phenoxy) is 1. The quantitative estimate of drug-likeness (QED) is 0.726. The van der Waals surface area contributed by atoms with Crippen molar-refractivity contribution in [3.63, 3.8) is 0 Å². The number of hydrogen-bond donors (Lipinski definition) is 0. The first-order valence-corrected chi connectivity index (χ1v) is 6.30. The summed E-state index contributed by atoms with van der Waals surface area (Å²) in [5.41, 5.74) is 0. The van der Waals surface area contributed by atoms with E-state index in [4.69, 9.17) is 16.3 Å². The lowest BCUT2D eigenvalue weighted by Crippen LogP contribution is -2.15. The first kappa shape index (κ1) is 13.5. The Morgan fingerprint density at radius 1 is 1.31 bits per heavy atom.